The van der Waals surface area contributed by atoms with Gasteiger partial charge in [-0.2, -0.15) is 5.10 Å². The van der Waals surface area contributed by atoms with E-state index in [-0.39, 0.29) is 18.3 Å². The van der Waals surface area contributed by atoms with Crippen LogP contribution in [0.25, 0.3) is 0 Å². The van der Waals surface area contributed by atoms with Crippen LogP contribution < -0.4 is 4.74 Å². The van der Waals surface area contributed by atoms with Crippen molar-refractivity contribution in [2.45, 2.75) is 19.7 Å². The van der Waals surface area contributed by atoms with E-state index in [4.69, 9.17) is 4.74 Å². The average molecular weight is 351 g/mol. The summed E-state index contributed by atoms with van der Waals surface area (Å²) in [6, 6.07) is 17.7. The fraction of sp³-hybridized carbons (Fsp3) is 0.200. The highest BCUT2D eigenvalue weighted by molar-refractivity contribution is 5.93. The smallest absolute Gasteiger partial charge is 0.272 e. The molecule has 2 heterocycles. The SMILES string of the molecule is O=C1c2cc(COc3ccccc3)nn2CCN1Cc1ccccc1F. The zero-order valence-electron chi connectivity index (χ0n) is 14.1. The Morgan fingerprint density at radius 2 is 1.81 bits per heavy atom. The van der Waals surface area contributed by atoms with Gasteiger partial charge in [0.15, 0.2) is 0 Å². The Kier molecular flexibility index (Phi) is 4.39. The Bertz CT molecular complexity index is 924. The molecular formula is C20H18FN3O2. The summed E-state index contributed by atoms with van der Waals surface area (Å²) in [6.45, 7) is 1.64. The molecule has 6 heteroatoms. The first-order valence-corrected chi connectivity index (χ1v) is 8.48. The van der Waals surface area contributed by atoms with Crippen LogP contribution in [0.1, 0.15) is 21.7 Å². The molecule has 0 fully saturated rings. The minimum absolute atomic E-state index is 0.141. The molecular weight excluding hydrogens is 333 g/mol. The second kappa shape index (κ2) is 7.00. The average Bonchev–Trinajstić information content (AvgIpc) is 3.09. The van der Waals surface area contributed by atoms with Gasteiger partial charge in [-0.25, -0.2) is 4.39 Å². The van der Waals surface area contributed by atoms with Gasteiger partial charge in [-0.1, -0.05) is 36.4 Å². The van der Waals surface area contributed by atoms with E-state index < -0.39 is 0 Å². The standard InChI is InChI=1S/C20H18FN3O2/c21-18-9-5-4-6-15(18)13-23-10-11-24-19(20(23)25)12-16(22-24)14-26-17-7-2-1-3-8-17/h1-9,12H,10-11,13-14H2. The van der Waals surface area contributed by atoms with Gasteiger partial charge in [0.05, 0.1) is 6.54 Å². The number of carbonyl (C=O) groups excluding carboxylic acids is 1. The Morgan fingerprint density at radius 1 is 1.04 bits per heavy atom. The molecule has 132 valence electrons. The van der Waals surface area contributed by atoms with E-state index in [1.54, 1.807) is 33.8 Å². The fourth-order valence-corrected chi connectivity index (χ4v) is 3.02. The second-order valence-corrected chi connectivity index (χ2v) is 6.16. The zero-order valence-corrected chi connectivity index (χ0v) is 14.1. The van der Waals surface area contributed by atoms with E-state index in [0.717, 1.165) is 5.75 Å². The molecule has 2 aromatic carbocycles. The van der Waals surface area contributed by atoms with Crippen molar-refractivity contribution in [3.05, 3.63) is 83.4 Å². The van der Waals surface area contributed by atoms with Gasteiger partial charge in [0.25, 0.3) is 5.91 Å². The van der Waals surface area contributed by atoms with E-state index in [9.17, 15) is 9.18 Å². The van der Waals surface area contributed by atoms with Gasteiger partial charge in [-0.3, -0.25) is 9.48 Å². The summed E-state index contributed by atoms with van der Waals surface area (Å²) in [5.74, 6) is 0.320. The van der Waals surface area contributed by atoms with Crippen LogP contribution in [0.5, 0.6) is 5.75 Å². The van der Waals surface area contributed by atoms with Gasteiger partial charge in [-0.15, -0.1) is 0 Å². The number of para-hydroxylation sites is 1. The molecule has 0 atom stereocenters. The Morgan fingerprint density at radius 3 is 2.62 bits per heavy atom. The number of hydrogen-bond acceptors (Lipinski definition) is 3. The Labute approximate surface area is 150 Å². The van der Waals surface area contributed by atoms with Crippen molar-refractivity contribution in [2.24, 2.45) is 0 Å². The molecule has 26 heavy (non-hydrogen) atoms. The number of nitrogens with zero attached hydrogens (tertiary/aromatic N) is 3. The van der Waals surface area contributed by atoms with Crippen LogP contribution in [-0.2, 0) is 19.7 Å². The summed E-state index contributed by atoms with van der Waals surface area (Å²) in [6.07, 6.45) is 0. The number of rotatable bonds is 5. The minimum Gasteiger partial charge on any atom is -0.487 e. The van der Waals surface area contributed by atoms with Crippen LogP contribution in [-0.4, -0.2) is 27.1 Å². The van der Waals surface area contributed by atoms with Crippen molar-refractivity contribution in [3.63, 3.8) is 0 Å². The van der Waals surface area contributed by atoms with Crippen LogP contribution in [0.3, 0.4) is 0 Å². The number of ether oxygens (including phenoxy) is 1. The van der Waals surface area contributed by atoms with Gasteiger partial charge in [0.2, 0.25) is 0 Å². The minimum atomic E-state index is -0.295. The van der Waals surface area contributed by atoms with Crippen molar-refractivity contribution in [1.82, 2.24) is 14.7 Å². The third-order valence-corrected chi connectivity index (χ3v) is 4.37. The molecule has 0 aliphatic carbocycles. The topological polar surface area (TPSA) is 47.4 Å². The van der Waals surface area contributed by atoms with Crippen molar-refractivity contribution < 1.29 is 13.9 Å². The largest absolute Gasteiger partial charge is 0.487 e. The highest BCUT2D eigenvalue weighted by Gasteiger charge is 2.27. The van der Waals surface area contributed by atoms with E-state index in [0.29, 0.717) is 36.6 Å². The number of carbonyl (C=O) groups is 1. The number of fused-ring (bicyclic) bond motifs is 1. The fourth-order valence-electron chi connectivity index (χ4n) is 3.02. The second-order valence-electron chi connectivity index (χ2n) is 6.16. The van der Waals surface area contributed by atoms with Gasteiger partial charge in [0.1, 0.15) is 29.6 Å². The molecule has 5 nitrogen and oxygen atoms in total. The molecule has 0 bridgehead atoms. The first kappa shape index (κ1) is 16.3. The van der Waals surface area contributed by atoms with E-state index in [1.807, 2.05) is 30.3 Å². The van der Waals surface area contributed by atoms with E-state index in [1.165, 1.54) is 6.07 Å². The first-order chi connectivity index (χ1) is 12.7. The molecule has 0 radical (unpaired) electrons. The monoisotopic (exact) mass is 351 g/mol. The molecule has 4 rings (SSSR count). The van der Waals surface area contributed by atoms with Crippen LogP contribution in [0, 0.1) is 5.82 Å². The van der Waals surface area contributed by atoms with Crippen LogP contribution >= 0.6 is 0 Å². The predicted octanol–water partition coefficient (Wildman–Crippen LogP) is 3.26. The van der Waals surface area contributed by atoms with Gasteiger partial charge >= 0.3 is 0 Å². The maximum atomic E-state index is 13.9. The normalized spacial score (nSPS) is 13.6. The van der Waals surface area contributed by atoms with Crippen molar-refractivity contribution in [2.75, 3.05) is 6.54 Å². The van der Waals surface area contributed by atoms with Crippen LogP contribution in [0.15, 0.2) is 60.7 Å². The Balaban J connectivity index is 1.46. The molecule has 1 aromatic heterocycles. The lowest BCUT2D eigenvalue weighted by Gasteiger charge is -2.27. The lowest BCUT2D eigenvalue weighted by Crippen LogP contribution is -2.40. The van der Waals surface area contributed by atoms with E-state index >= 15 is 0 Å². The number of amides is 1. The third kappa shape index (κ3) is 3.31. The lowest BCUT2D eigenvalue weighted by molar-refractivity contribution is 0.0682. The summed E-state index contributed by atoms with van der Waals surface area (Å²) in [4.78, 5) is 14.4. The maximum Gasteiger partial charge on any atom is 0.272 e. The molecule has 1 aliphatic rings. The molecule has 0 saturated heterocycles. The summed E-state index contributed by atoms with van der Waals surface area (Å²) in [7, 11) is 0. The number of aromatic nitrogens is 2. The number of benzene rings is 2. The maximum absolute atomic E-state index is 13.9. The van der Waals surface area contributed by atoms with E-state index in [2.05, 4.69) is 5.10 Å². The Hall–Kier alpha value is -3.15. The number of hydrogen-bond donors (Lipinski definition) is 0. The molecule has 1 amide bonds. The summed E-state index contributed by atoms with van der Waals surface area (Å²) >= 11 is 0. The molecule has 0 spiro atoms. The zero-order chi connectivity index (χ0) is 17.9. The summed E-state index contributed by atoms with van der Waals surface area (Å²) in [5, 5.41) is 4.45. The molecule has 0 unspecified atom stereocenters. The van der Waals surface area contributed by atoms with Crippen molar-refractivity contribution in [3.8, 4) is 5.75 Å². The molecule has 0 saturated carbocycles. The summed E-state index contributed by atoms with van der Waals surface area (Å²) in [5.41, 5.74) is 1.73. The number of halogens is 1. The van der Waals surface area contributed by atoms with Crippen LogP contribution in [0.2, 0.25) is 0 Å². The van der Waals surface area contributed by atoms with Crippen LogP contribution in [0.4, 0.5) is 4.39 Å². The summed E-state index contributed by atoms with van der Waals surface area (Å²) < 4.78 is 21.3. The molecule has 0 N–H and O–H groups in total. The van der Waals surface area contributed by atoms with Gasteiger partial charge < -0.3 is 9.64 Å². The van der Waals surface area contributed by atoms with Gasteiger partial charge in [-0.05, 0) is 24.3 Å². The lowest BCUT2D eigenvalue weighted by atomic mass is 10.1. The quantitative estimate of drug-likeness (QED) is 0.709. The highest BCUT2D eigenvalue weighted by atomic mass is 19.1. The van der Waals surface area contributed by atoms with Crippen molar-refractivity contribution >= 4 is 5.91 Å². The molecule has 1 aliphatic heterocycles. The first-order valence-electron chi connectivity index (χ1n) is 8.48. The predicted molar refractivity (Wildman–Crippen MR) is 94.1 cm³/mol. The van der Waals surface area contributed by atoms with Gasteiger partial charge in [0, 0.05) is 18.7 Å². The highest BCUT2D eigenvalue weighted by Crippen LogP contribution is 2.19. The third-order valence-electron chi connectivity index (χ3n) is 4.37. The van der Waals surface area contributed by atoms with Crippen molar-refractivity contribution in [1.29, 1.82) is 0 Å². The molecule has 3 aromatic rings.